The number of fused-ring (bicyclic) bond motifs is 1. The summed E-state index contributed by atoms with van der Waals surface area (Å²) in [5.74, 6) is -4.18. The molecule has 0 aliphatic heterocycles. The van der Waals surface area contributed by atoms with Gasteiger partial charge in [0.05, 0.1) is 5.56 Å². The van der Waals surface area contributed by atoms with Crippen molar-refractivity contribution in [2.75, 3.05) is 0 Å². The van der Waals surface area contributed by atoms with Gasteiger partial charge >= 0.3 is 0 Å². The largest absolute Gasteiger partial charge is 0.279 e. The first kappa shape index (κ1) is 14.4. The van der Waals surface area contributed by atoms with Gasteiger partial charge in [0.2, 0.25) is 0 Å². The minimum absolute atomic E-state index is 0.116. The topological polar surface area (TPSA) is 0 Å². The van der Waals surface area contributed by atoms with Crippen molar-refractivity contribution in [2.24, 2.45) is 17.8 Å². The number of rotatable bonds is 1. The predicted octanol–water partition coefficient (Wildman–Crippen LogP) is 4.67. The highest BCUT2D eigenvalue weighted by molar-refractivity contribution is 5.39. The molecular formula is C17H16F4. The molecule has 0 N–H and O–H groups in total. The minimum Gasteiger partial charge on any atom is -0.204 e. The third kappa shape index (κ3) is 2.23. The first-order valence-electron chi connectivity index (χ1n) is 7.26. The van der Waals surface area contributed by atoms with Gasteiger partial charge in [-0.1, -0.05) is 6.07 Å². The van der Waals surface area contributed by atoms with Gasteiger partial charge in [-0.25, -0.2) is 17.6 Å². The van der Waals surface area contributed by atoms with Gasteiger partial charge in [0.1, 0.15) is 0 Å². The van der Waals surface area contributed by atoms with Gasteiger partial charge in [-0.3, -0.25) is 0 Å². The zero-order valence-corrected chi connectivity index (χ0v) is 11.5. The van der Waals surface area contributed by atoms with E-state index in [0.29, 0.717) is 12.8 Å². The lowest BCUT2D eigenvalue weighted by Crippen LogP contribution is -2.31. The first-order chi connectivity index (χ1) is 9.95. The molecule has 0 aromatic heterocycles. The van der Waals surface area contributed by atoms with Crippen LogP contribution in [-0.2, 0) is 12.3 Å². The van der Waals surface area contributed by atoms with Crippen molar-refractivity contribution >= 4 is 0 Å². The van der Waals surface area contributed by atoms with Crippen molar-refractivity contribution < 1.29 is 17.6 Å². The summed E-state index contributed by atoms with van der Waals surface area (Å²) in [6, 6.07) is 2.22. The number of alkyl halides is 2. The Morgan fingerprint density at radius 2 is 1.76 bits per heavy atom. The lowest BCUT2D eigenvalue weighted by Gasteiger charge is -2.33. The number of benzene rings is 1. The van der Waals surface area contributed by atoms with E-state index in [4.69, 9.17) is 6.42 Å². The summed E-state index contributed by atoms with van der Waals surface area (Å²) in [5, 5.41) is 0. The normalized spacial score (nSPS) is 30.7. The van der Waals surface area contributed by atoms with Crippen LogP contribution >= 0.6 is 0 Å². The summed E-state index contributed by atoms with van der Waals surface area (Å²) in [7, 11) is 0. The number of hydrogen-bond donors (Lipinski definition) is 0. The summed E-state index contributed by atoms with van der Waals surface area (Å²) < 4.78 is 56.1. The third-order valence-electron chi connectivity index (χ3n) is 5.00. The first-order valence-corrected chi connectivity index (χ1v) is 7.26. The van der Waals surface area contributed by atoms with Gasteiger partial charge in [0, 0.05) is 11.8 Å². The van der Waals surface area contributed by atoms with Gasteiger partial charge < -0.3 is 0 Å². The van der Waals surface area contributed by atoms with Crippen LogP contribution in [0.3, 0.4) is 0 Å². The van der Waals surface area contributed by atoms with Crippen LogP contribution in [0.2, 0.25) is 0 Å². The fraction of sp³-hybridized carbons (Fsp3) is 0.529. The van der Waals surface area contributed by atoms with E-state index in [9.17, 15) is 17.6 Å². The summed E-state index contributed by atoms with van der Waals surface area (Å²) in [4.78, 5) is 0. The fourth-order valence-electron chi connectivity index (χ4n) is 3.82. The van der Waals surface area contributed by atoms with E-state index in [1.165, 1.54) is 6.07 Å². The molecule has 1 atom stereocenters. The molecule has 0 saturated heterocycles. The van der Waals surface area contributed by atoms with Gasteiger partial charge in [0.15, 0.2) is 11.6 Å². The molecular weight excluding hydrogens is 280 g/mol. The molecule has 1 aromatic rings. The quantitative estimate of drug-likeness (QED) is 0.522. The summed E-state index contributed by atoms with van der Waals surface area (Å²) in [5.41, 5.74) is -0.491. The molecule has 2 aliphatic carbocycles. The Morgan fingerprint density at radius 1 is 1.10 bits per heavy atom. The molecule has 1 fully saturated rings. The maximum atomic E-state index is 14.6. The lowest BCUT2D eigenvalue weighted by atomic mass is 9.74. The molecule has 1 saturated carbocycles. The van der Waals surface area contributed by atoms with E-state index < -0.39 is 29.0 Å². The smallest absolute Gasteiger partial charge is 0.204 e. The summed E-state index contributed by atoms with van der Waals surface area (Å²) in [6.45, 7) is 0. The van der Waals surface area contributed by atoms with Gasteiger partial charge in [-0.2, -0.15) is 0 Å². The van der Waals surface area contributed by atoms with Gasteiger partial charge in [-0.15, -0.1) is 12.3 Å². The van der Waals surface area contributed by atoms with E-state index in [0.717, 1.165) is 18.9 Å². The van der Waals surface area contributed by atoms with E-state index in [-0.39, 0.29) is 23.8 Å². The van der Waals surface area contributed by atoms with Crippen molar-refractivity contribution in [2.45, 2.75) is 38.0 Å². The van der Waals surface area contributed by atoms with E-state index >= 15 is 0 Å². The molecule has 0 nitrogen and oxygen atoms in total. The molecule has 2 aliphatic rings. The second-order valence-electron chi connectivity index (χ2n) is 6.11. The number of halogens is 4. The standard InChI is InChI=1S/C17H16F4/c1-2-10-3-5-11(6-4-10)13-9-12-7-8-14(18)16(19)15(12)17(13,20)21/h1,7-8,10-11,13H,3-6,9H2. The minimum atomic E-state index is -3.30. The zero-order chi connectivity index (χ0) is 15.2. The Kier molecular flexibility index (Phi) is 3.47. The SMILES string of the molecule is C#CC1CCC(C2Cc3ccc(F)c(F)c3C2(F)F)CC1. The van der Waals surface area contributed by atoms with Crippen LogP contribution in [0, 0.1) is 41.7 Å². The van der Waals surface area contributed by atoms with Crippen molar-refractivity contribution in [1.29, 1.82) is 0 Å². The molecule has 0 radical (unpaired) electrons. The molecule has 1 aromatic carbocycles. The van der Waals surface area contributed by atoms with Crippen LogP contribution in [0.4, 0.5) is 17.6 Å². The summed E-state index contributed by atoms with van der Waals surface area (Å²) in [6.07, 6.45) is 8.23. The number of hydrogen-bond acceptors (Lipinski definition) is 0. The van der Waals surface area contributed by atoms with Gasteiger partial charge in [-0.05, 0) is 49.7 Å². The second-order valence-corrected chi connectivity index (χ2v) is 6.11. The fourth-order valence-corrected chi connectivity index (χ4v) is 3.82. The Bertz CT molecular complexity index is 592. The van der Waals surface area contributed by atoms with Crippen molar-refractivity contribution in [3.05, 3.63) is 34.9 Å². The lowest BCUT2D eigenvalue weighted by molar-refractivity contribution is -0.0833. The third-order valence-corrected chi connectivity index (χ3v) is 5.00. The van der Waals surface area contributed by atoms with Crippen LogP contribution < -0.4 is 0 Å². The van der Waals surface area contributed by atoms with Crippen LogP contribution in [0.15, 0.2) is 12.1 Å². The maximum Gasteiger partial charge on any atom is 0.279 e. The average molecular weight is 296 g/mol. The average Bonchev–Trinajstić information content (AvgIpc) is 2.75. The van der Waals surface area contributed by atoms with Crippen molar-refractivity contribution in [3.63, 3.8) is 0 Å². The van der Waals surface area contributed by atoms with Crippen LogP contribution in [0.1, 0.15) is 36.8 Å². The highest BCUT2D eigenvalue weighted by Crippen LogP contribution is 2.53. The van der Waals surface area contributed by atoms with E-state index in [2.05, 4.69) is 5.92 Å². The van der Waals surface area contributed by atoms with Crippen LogP contribution in [0.5, 0.6) is 0 Å². The Morgan fingerprint density at radius 3 is 2.38 bits per heavy atom. The molecule has 112 valence electrons. The second kappa shape index (κ2) is 5.05. The molecule has 0 bridgehead atoms. The molecule has 0 spiro atoms. The van der Waals surface area contributed by atoms with Crippen LogP contribution in [0.25, 0.3) is 0 Å². The summed E-state index contributed by atoms with van der Waals surface area (Å²) >= 11 is 0. The molecule has 0 heterocycles. The monoisotopic (exact) mass is 296 g/mol. The zero-order valence-electron chi connectivity index (χ0n) is 11.5. The predicted molar refractivity (Wildman–Crippen MR) is 71.7 cm³/mol. The highest BCUT2D eigenvalue weighted by Gasteiger charge is 2.53. The van der Waals surface area contributed by atoms with Crippen molar-refractivity contribution in [1.82, 2.24) is 0 Å². The molecule has 4 heteroatoms. The Balaban J connectivity index is 1.88. The van der Waals surface area contributed by atoms with Gasteiger partial charge in [0.25, 0.3) is 5.92 Å². The number of terminal acetylenes is 1. The molecule has 3 rings (SSSR count). The Hall–Kier alpha value is -1.50. The van der Waals surface area contributed by atoms with E-state index in [1.54, 1.807) is 0 Å². The molecule has 21 heavy (non-hydrogen) atoms. The Labute approximate surface area is 121 Å². The molecule has 1 unspecified atom stereocenters. The highest BCUT2D eigenvalue weighted by atomic mass is 19.3. The van der Waals surface area contributed by atoms with Crippen LogP contribution in [-0.4, -0.2) is 0 Å². The van der Waals surface area contributed by atoms with E-state index in [1.807, 2.05) is 0 Å². The molecule has 0 amide bonds. The maximum absolute atomic E-state index is 14.6. The van der Waals surface area contributed by atoms with Crippen molar-refractivity contribution in [3.8, 4) is 12.3 Å².